The summed E-state index contributed by atoms with van der Waals surface area (Å²) in [4.78, 5) is 26.9. The maximum absolute atomic E-state index is 12.4. The highest BCUT2D eigenvalue weighted by molar-refractivity contribution is 5.79. The molecular weight excluding hydrogens is 322 g/mol. The molecule has 0 radical (unpaired) electrons. The Kier molecular flexibility index (Phi) is 4.79. The molecule has 2 N–H and O–H groups in total. The fraction of sp³-hybridized carbons (Fsp3) is 0.118. The molecule has 0 aliphatic heterocycles. The van der Waals surface area contributed by atoms with E-state index in [0.717, 1.165) is 5.56 Å². The van der Waals surface area contributed by atoms with Crippen molar-refractivity contribution in [2.45, 2.75) is 12.5 Å². The number of aromatic amines is 1. The summed E-state index contributed by atoms with van der Waals surface area (Å²) in [6.45, 7) is 0. The number of hydrogen-bond donors (Lipinski definition) is 2. The first-order valence-electron chi connectivity index (χ1n) is 7.56. The summed E-state index contributed by atoms with van der Waals surface area (Å²) in [5.41, 5.74) is 1.38. The van der Waals surface area contributed by atoms with Gasteiger partial charge in [0.25, 0.3) is 5.69 Å². The maximum Gasteiger partial charge on any atom is 0.269 e. The molecule has 1 unspecified atom stereocenters. The van der Waals surface area contributed by atoms with Crippen LogP contribution in [0.2, 0.25) is 0 Å². The van der Waals surface area contributed by atoms with Gasteiger partial charge in [-0.3, -0.25) is 20.0 Å². The average molecular weight is 337 g/mol. The second-order valence-electron chi connectivity index (χ2n) is 5.39. The smallest absolute Gasteiger partial charge is 0.269 e. The van der Waals surface area contributed by atoms with Crippen molar-refractivity contribution in [1.82, 2.24) is 20.5 Å². The number of H-pyrrole nitrogens is 1. The number of carbonyl (C=O) groups is 1. The van der Waals surface area contributed by atoms with Crippen LogP contribution >= 0.6 is 0 Å². The van der Waals surface area contributed by atoms with Crippen LogP contribution in [-0.2, 0) is 11.2 Å². The normalized spacial score (nSPS) is 11.7. The summed E-state index contributed by atoms with van der Waals surface area (Å²) < 4.78 is 0. The first-order valence-corrected chi connectivity index (χ1v) is 7.56. The van der Waals surface area contributed by atoms with E-state index in [1.54, 1.807) is 12.1 Å². The van der Waals surface area contributed by atoms with Crippen LogP contribution in [0.15, 0.2) is 60.9 Å². The fourth-order valence-corrected chi connectivity index (χ4v) is 2.49. The van der Waals surface area contributed by atoms with Gasteiger partial charge in [-0.2, -0.15) is 5.10 Å². The number of rotatable bonds is 6. The molecule has 1 amide bonds. The van der Waals surface area contributed by atoms with Crippen molar-refractivity contribution < 1.29 is 9.72 Å². The number of nitrogens with zero attached hydrogens (tertiary/aromatic N) is 3. The molecule has 0 aliphatic carbocycles. The van der Waals surface area contributed by atoms with Gasteiger partial charge in [-0.05, 0) is 11.1 Å². The lowest BCUT2D eigenvalue weighted by molar-refractivity contribution is -0.384. The van der Waals surface area contributed by atoms with E-state index >= 15 is 0 Å². The Labute approximate surface area is 143 Å². The molecule has 8 nitrogen and oxygen atoms in total. The molecule has 1 atom stereocenters. The minimum absolute atomic E-state index is 0.0269. The van der Waals surface area contributed by atoms with E-state index in [9.17, 15) is 14.9 Å². The van der Waals surface area contributed by atoms with E-state index in [-0.39, 0.29) is 18.0 Å². The van der Waals surface area contributed by atoms with Gasteiger partial charge in [0, 0.05) is 12.1 Å². The van der Waals surface area contributed by atoms with Crippen LogP contribution in [0.5, 0.6) is 0 Å². The maximum atomic E-state index is 12.4. The van der Waals surface area contributed by atoms with Crippen molar-refractivity contribution in [3.05, 3.63) is 88.0 Å². The van der Waals surface area contributed by atoms with Crippen LogP contribution in [0.1, 0.15) is 23.0 Å². The van der Waals surface area contributed by atoms with Gasteiger partial charge in [-0.1, -0.05) is 42.5 Å². The highest BCUT2D eigenvalue weighted by atomic mass is 16.6. The second-order valence-corrected chi connectivity index (χ2v) is 5.39. The topological polar surface area (TPSA) is 114 Å². The molecule has 1 aromatic heterocycles. The van der Waals surface area contributed by atoms with Crippen molar-refractivity contribution in [2.75, 3.05) is 0 Å². The van der Waals surface area contributed by atoms with Gasteiger partial charge in [-0.15, -0.1) is 0 Å². The van der Waals surface area contributed by atoms with Crippen LogP contribution in [0, 0.1) is 10.1 Å². The van der Waals surface area contributed by atoms with Crippen molar-refractivity contribution >= 4 is 11.6 Å². The summed E-state index contributed by atoms with van der Waals surface area (Å²) in [5.74, 6) is 0.240. The first-order chi connectivity index (χ1) is 12.1. The molecule has 0 spiro atoms. The molecule has 0 saturated carbocycles. The quantitative estimate of drug-likeness (QED) is 0.528. The third-order valence-corrected chi connectivity index (χ3v) is 3.63. The zero-order valence-corrected chi connectivity index (χ0v) is 13.1. The number of nitro benzene ring substituents is 1. The number of amides is 1. The Morgan fingerprint density at radius 2 is 2.00 bits per heavy atom. The molecule has 0 fully saturated rings. The molecular formula is C17H15N5O3. The minimum atomic E-state index is -0.483. The number of aromatic nitrogens is 3. The van der Waals surface area contributed by atoms with Crippen molar-refractivity contribution in [3.8, 4) is 0 Å². The number of non-ortho nitro benzene ring substituents is 1. The lowest BCUT2D eigenvalue weighted by Crippen LogP contribution is -2.31. The third kappa shape index (κ3) is 4.05. The molecule has 1 heterocycles. The third-order valence-electron chi connectivity index (χ3n) is 3.63. The largest absolute Gasteiger partial charge is 0.342 e. The van der Waals surface area contributed by atoms with Crippen molar-refractivity contribution in [1.29, 1.82) is 0 Å². The summed E-state index contributed by atoms with van der Waals surface area (Å²) in [6, 6.07) is 14.9. The van der Waals surface area contributed by atoms with Gasteiger partial charge in [-0.25, -0.2) is 4.98 Å². The molecule has 0 bridgehead atoms. The van der Waals surface area contributed by atoms with Gasteiger partial charge in [0.05, 0.1) is 11.3 Å². The summed E-state index contributed by atoms with van der Waals surface area (Å²) in [5, 5.41) is 20.3. The van der Waals surface area contributed by atoms with E-state index in [0.29, 0.717) is 11.4 Å². The van der Waals surface area contributed by atoms with Crippen LogP contribution in [0.3, 0.4) is 0 Å². The van der Waals surface area contributed by atoms with E-state index in [1.807, 2.05) is 30.3 Å². The number of nitro groups is 1. The van der Waals surface area contributed by atoms with E-state index < -0.39 is 11.0 Å². The Balaban J connectivity index is 1.77. The number of benzene rings is 2. The molecule has 126 valence electrons. The van der Waals surface area contributed by atoms with Crippen molar-refractivity contribution in [3.63, 3.8) is 0 Å². The zero-order valence-electron chi connectivity index (χ0n) is 13.1. The van der Waals surface area contributed by atoms with Gasteiger partial charge in [0.2, 0.25) is 5.91 Å². The molecule has 8 heteroatoms. The van der Waals surface area contributed by atoms with Crippen LogP contribution in [-0.4, -0.2) is 26.0 Å². The number of carbonyl (C=O) groups excluding carboxylic acids is 1. The van der Waals surface area contributed by atoms with E-state index in [4.69, 9.17) is 0 Å². The molecule has 3 aromatic rings. The van der Waals surface area contributed by atoms with Gasteiger partial charge < -0.3 is 5.32 Å². The van der Waals surface area contributed by atoms with Gasteiger partial charge in [0.15, 0.2) is 5.82 Å². The predicted octanol–water partition coefficient (Wildman–Crippen LogP) is 2.16. The SMILES string of the molecule is O=C(Cc1cccc([N+](=O)[O-])c1)NC(c1ccccc1)c1ncn[nH]1. The molecule has 0 aliphatic rings. The summed E-state index contributed by atoms with van der Waals surface area (Å²) >= 11 is 0. The predicted molar refractivity (Wildman–Crippen MR) is 89.6 cm³/mol. The number of nitrogens with one attached hydrogen (secondary N) is 2. The average Bonchev–Trinajstić information content (AvgIpc) is 3.15. The highest BCUT2D eigenvalue weighted by Gasteiger charge is 2.20. The van der Waals surface area contributed by atoms with Crippen LogP contribution < -0.4 is 5.32 Å². The van der Waals surface area contributed by atoms with Crippen molar-refractivity contribution in [2.24, 2.45) is 0 Å². The van der Waals surface area contributed by atoms with Gasteiger partial charge >= 0.3 is 0 Å². The Morgan fingerprint density at radius 3 is 2.68 bits per heavy atom. The van der Waals surface area contributed by atoms with Crippen LogP contribution in [0.4, 0.5) is 5.69 Å². The highest BCUT2D eigenvalue weighted by Crippen LogP contribution is 2.19. The number of hydrogen-bond acceptors (Lipinski definition) is 5. The zero-order chi connectivity index (χ0) is 17.6. The summed E-state index contributed by atoms with van der Waals surface area (Å²) in [7, 11) is 0. The fourth-order valence-electron chi connectivity index (χ4n) is 2.49. The molecule has 2 aromatic carbocycles. The lowest BCUT2D eigenvalue weighted by Gasteiger charge is -2.17. The standard InChI is InChI=1S/C17H15N5O3/c23-15(10-12-5-4-8-14(9-12)22(24)25)20-16(17-18-11-19-21-17)13-6-2-1-3-7-13/h1-9,11,16H,10H2,(H,20,23)(H,18,19,21). The Bertz CT molecular complexity index is 865. The second kappa shape index (κ2) is 7.35. The Hall–Kier alpha value is -3.55. The lowest BCUT2D eigenvalue weighted by atomic mass is 10.1. The minimum Gasteiger partial charge on any atom is -0.342 e. The molecule has 25 heavy (non-hydrogen) atoms. The monoisotopic (exact) mass is 337 g/mol. The Morgan fingerprint density at radius 1 is 1.20 bits per heavy atom. The van der Waals surface area contributed by atoms with Crippen LogP contribution in [0.25, 0.3) is 0 Å². The van der Waals surface area contributed by atoms with Gasteiger partial charge in [0.1, 0.15) is 12.4 Å². The van der Waals surface area contributed by atoms with E-state index in [1.165, 1.54) is 18.5 Å². The molecule has 0 saturated heterocycles. The summed E-state index contributed by atoms with van der Waals surface area (Å²) in [6.07, 6.45) is 1.40. The first kappa shape index (κ1) is 16.3. The van der Waals surface area contributed by atoms with E-state index in [2.05, 4.69) is 20.5 Å². The molecule has 3 rings (SSSR count).